The van der Waals surface area contributed by atoms with E-state index in [4.69, 9.17) is 0 Å². The van der Waals surface area contributed by atoms with Crippen LogP contribution in [-0.4, -0.2) is 9.13 Å². The van der Waals surface area contributed by atoms with E-state index < -0.39 is 0 Å². The molecule has 12 rings (SSSR count). The topological polar surface area (TPSA) is 9.86 Å². The van der Waals surface area contributed by atoms with E-state index in [1.807, 2.05) is 0 Å². The van der Waals surface area contributed by atoms with E-state index >= 15 is 0 Å². The zero-order valence-electron chi connectivity index (χ0n) is 36.3. The fourth-order valence-corrected chi connectivity index (χ4v) is 9.94. The molecule has 0 amide bonds. The van der Waals surface area contributed by atoms with Gasteiger partial charge in [0.05, 0.1) is 22.8 Å². The molecular formula is C64H44N2. The van der Waals surface area contributed by atoms with E-state index in [0.29, 0.717) is 0 Å². The first-order valence-electron chi connectivity index (χ1n) is 22.7. The van der Waals surface area contributed by atoms with Crippen LogP contribution < -0.4 is 0 Å². The van der Waals surface area contributed by atoms with E-state index in [9.17, 15) is 0 Å². The van der Waals surface area contributed by atoms with Crippen LogP contribution in [0.2, 0.25) is 0 Å². The third kappa shape index (κ3) is 6.93. The molecule has 0 bridgehead atoms. The molecule has 2 heterocycles. The summed E-state index contributed by atoms with van der Waals surface area (Å²) in [6.45, 7) is 0. The van der Waals surface area contributed by atoms with Crippen molar-refractivity contribution in [1.82, 2.24) is 9.13 Å². The molecule has 0 saturated heterocycles. The summed E-state index contributed by atoms with van der Waals surface area (Å²) in [4.78, 5) is 0. The molecule has 0 saturated carbocycles. The van der Waals surface area contributed by atoms with E-state index in [1.165, 1.54) is 77.2 Å². The molecule has 0 fully saturated rings. The van der Waals surface area contributed by atoms with Crippen LogP contribution in [0.25, 0.3) is 111 Å². The number of rotatable bonds is 9. The molecule has 2 aromatic heterocycles. The molecule has 0 aliphatic carbocycles. The van der Waals surface area contributed by atoms with Crippen LogP contribution in [0, 0.1) is 0 Å². The predicted molar refractivity (Wildman–Crippen MR) is 278 cm³/mol. The third-order valence-corrected chi connectivity index (χ3v) is 13.0. The minimum absolute atomic E-state index is 1.11. The van der Waals surface area contributed by atoms with Crippen LogP contribution in [0.4, 0.5) is 0 Å². The van der Waals surface area contributed by atoms with Gasteiger partial charge in [0.25, 0.3) is 0 Å². The van der Waals surface area contributed by atoms with E-state index in [-0.39, 0.29) is 0 Å². The molecule has 0 aliphatic rings. The van der Waals surface area contributed by atoms with Crippen LogP contribution >= 0.6 is 0 Å². The van der Waals surface area contributed by atoms with Crippen molar-refractivity contribution in [3.63, 3.8) is 0 Å². The number of benzene rings is 10. The van der Waals surface area contributed by atoms with Gasteiger partial charge in [-0.3, -0.25) is 0 Å². The highest BCUT2D eigenvalue weighted by molar-refractivity contribution is 6.22. The summed E-state index contributed by atoms with van der Waals surface area (Å²) in [5.74, 6) is 0. The Balaban J connectivity index is 1.17. The first kappa shape index (κ1) is 38.9. The van der Waals surface area contributed by atoms with Gasteiger partial charge in [0, 0.05) is 11.4 Å². The lowest BCUT2D eigenvalue weighted by Gasteiger charge is -2.22. The van der Waals surface area contributed by atoms with Gasteiger partial charge in [0.15, 0.2) is 0 Å². The standard InChI is InChI=1S/C64H44N2/c1-7-19-45(20-8-1)46-31-33-52(34-32-46)64-56-38-36-53(65-59(47-21-9-2-10-22-47)39-40-60(65)48-23-11-3-12-24-48)43-57(56)63(51-29-17-6-18-30-51)55-37-35-54(44-58(55)64)66-61(49-25-13-4-14-26-49)41-42-62(66)50-27-15-5-16-28-50/h1-44H. The quantitative estimate of drug-likeness (QED) is 0.128. The van der Waals surface area contributed by atoms with Crippen molar-refractivity contribution in [2.75, 3.05) is 0 Å². The first-order chi connectivity index (χ1) is 32.8. The van der Waals surface area contributed by atoms with Gasteiger partial charge in [-0.25, -0.2) is 0 Å². The largest absolute Gasteiger partial charge is 0.309 e. The van der Waals surface area contributed by atoms with Gasteiger partial charge in [-0.1, -0.05) is 218 Å². The van der Waals surface area contributed by atoms with Crippen LogP contribution in [-0.2, 0) is 0 Å². The van der Waals surface area contributed by atoms with Crippen molar-refractivity contribution in [2.45, 2.75) is 0 Å². The molecule has 0 N–H and O–H groups in total. The first-order valence-corrected chi connectivity index (χ1v) is 22.7. The predicted octanol–water partition coefficient (Wildman–Crippen LogP) is 17.2. The molecule has 2 heteroatoms. The third-order valence-electron chi connectivity index (χ3n) is 13.0. The van der Waals surface area contributed by atoms with Gasteiger partial charge in [0.1, 0.15) is 0 Å². The lowest BCUT2D eigenvalue weighted by molar-refractivity contribution is 1.10. The lowest BCUT2D eigenvalue weighted by Crippen LogP contribution is -2.02. The zero-order valence-corrected chi connectivity index (χ0v) is 36.3. The summed E-state index contributed by atoms with van der Waals surface area (Å²) in [5.41, 5.74) is 18.6. The van der Waals surface area contributed by atoms with E-state index in [1.54, 1.807) is 0 Å². The van der Waals surface area contributed by atoms with Crippen molar-refractivity contribution in [1.29, 1.82) is 0 Å². The van der Waals surface area contributed by atoms with Gasteiger partial charge in [-0.15, -0.1) is 0 Å². The van der Waals surface area contributed by atoms with Crippen molar-refractivity contribution < 1.29 is 0 Å². The molecule has 0 atom stereocenters. The molecule has 0 radical (unpaired) electrons. The number of hydrogen-bond acceptors (Lipinski definition) is 0. The van der Waals surface area contributed by atoms with Gasteiger partial charge in [-0.2, -0.15) is 0 Å². The molecule has 0 unspecified atom stereocenters. The van der Waals surface area contributed by atoms with Crippen LogP contribution in [0.15, 0.2) is 267 Å². The second-order valence-corrected chi connectivity index (χ2v) is 16.9. The maximum atomic E-state index is 2.43. The van der Waals surface area contributed by atoms with Crippen LogP contribution in [0.3, 0.4) is 0 Å². The Labute approximate surface area is 385 Å². The zero-order chi connectivity index (χ0) is 43.8. The number of nitrogens with zero attached hydrogens (tertiary/aromatic N) is 2. The Kier molecular flexibility index (Phi) is 9.89. The Bertz CT molecular complexity index is 3510. The molecule has 0 aliphatic heterocycles. The molecule has 66 heavy (non-hydrogen) atoms. The summed E-state index contributed by atoms with van der Waals surface area (Å²) in [6, 6.07) is 97.0. The Hall–Kier alpha value is -8.72. The maximum absolute atomic E-state index is 2.43. The highest BCUT2D eigenvalue weighted by Gasteiger charge is 2.22. The minimum atomic E-state index is 1.11. The number of hydrogen-bond donors (Lipinski definition) is 0. The normalized spacial score (nSPS) is 11.3. The van der Waals surface area contributed by atoms with Gasteiger partial charge in [-0.05, 0) is 126 Å². The highest BCUT2D eigenvalue weighted by Crippen LogP contribution is 2.47. The van der Waals surface area contributed by atoms with Crippen LogP contribution in [0.5, 0.6) is 0 Å². The number of aromatic nitrogens is 2. The average Bonchev–Trinajstić information content (AvgIpc) is 4.06. The van der Waals surface area contributed by atoms with Gasteiger partial charge < -0.3 is 9.13 Å². The summed E-state index contributed by atoms with van der Waals surface area (Å²) in [6.07, 6.45) is 0. The molecular weight excluding hydrogens is 797 g/mol. The van der Waals surface area contributed by atoms with E-state index in [0.717, 1.165) is 34.2 Å². The highest BCUT2D eigenvalue weighted by atomic mass is 15.0. The molecule has 12 aromatic rings. The summed E-state index contributed by atoms with van der Waals surface area (Å²) in [7, 11) is 0. The summed E-state index contributed by atoms with van der Waals surface area (Å²) in [5, 5.41) is 4.79. The van der Waals surface area contributed by atoms with Crippen molar-refractivity contribution >= 4 is 21.5 Å². The monoisotopic (exact) mass is 840 g/mol. The Morgan fingerprint density at radius 2 is 0.439 bits per heavy atom. The Morgan fingerprint density at radius 1 is 0.182 bits per heavy atom. The molecule has 310 valence electrons. The average molecular weight is 841 g/mol. The fraction of sp³-hybridized carbons (Fsp3) is 0. The Morgan fingerprint density at radius 3 is 0.773 bits per heavy atom. The number of fused-ring (bicyclic) bond motifs is 2. The van der Waals surface area contributed by atoms with E-state index in [2.05, 4.69) is 276 Å². The fourth-order valence-electron chi connectivity index (χ4n) is 9.94. The lowest BCUT2D eigenvalue weighted by atomic mass is 9.85. The summed E-state index contributed by atoms with van der Waals surface area (Å²) < 4.78 is 4.87. The van der Waals surface area contributed by atoms with Crippen molar-refractivity contribution in [3.05, 3.63) is 267 Å². The summed E-state index contributed by atoms with van der Waals surface area (Å²) >= 11 is 0. The van der Waals surface area contributed by atoms with Crippen molar-refractivity contribution in [2.24, 2.45) is 0 Å². The molecule has 0 spiro atoms. The molecule has 2 nitrogen and oxygen atoms in total. The maximum Gasteiger partial charge on any atom is 0.0535 e. The minimum Gasteiger partial charge on any atom is -0.309 e. The second-order valence-electron chi connectivity index (χ2n) is 16.9. The van der Waals surface area contributed by atoms with Gasteiger partial charge >= 0.3 is 0 Å². The SMILES string of the molecule is c1ccc(-c2ccc(-c3c4ccc(-n5c(-c6ccccc6)ccc5-c5ccccc5)cc4c(-c4ccccc4)c4ccc(-n5c(-c6ccccc6)ccc5-c5ccccc5)cc34)cc2)cc1. The van der Waals surface area contributed by atoms with Crippen molar-refractivity contribution in [3.8, 4) is 89.8 Å². The van der Waals surface area contributed by atoms with Crippen LogP contribution in [0.1, 0.15) is 0 Å². The molecule has 10 aromatic carbocycles. The second kappa shape index (κ2) is 16.8. The van der Waals surface area contributed by atoms with Gasteiger partial charge in [0.2, 0.25) is 0 Å². The smallest absolute Gasteiger partial charge is 0.0535 e.